The van der Waals surface area contributed by atoms with Crippen molar-refractivity contribution in [1.29, 1.82) is 0 Å². The highest BCUT2D eigenvalue weighted by Crippen LogP contribution is 2.43. The van der Waals surface area contributed by atoms with Crippen molar-refractivity contribution in [2.45, 2.75) is 43.0 Å². The first kappa shape index (κ1) is 35.1. The van der Waals surface area contributed by atoms with E-state index < -0.39 is 82.5 Å². The van der Waals surface area contributed by atoms with Gasteiger partial charge in [0.1, 0.15) is 34.1 Å². The van der Waals surface area contributed by atoms with Crippen LogP contribution in [0.4, 0.5) is 64.1 Å². The number of ether oxygens (including phenoxy) is 2. The lowest BCUT2D eigenvalue weighted by atomic mass is 9.95. The minimum absolute atomic E-state index is 0.213. The van der Waals surface area contributed by atoms with Gasteiger partial charge in [-0.05, 0) is 78.4 Å². The summed E-state index contributed by atoms with van der Waals surface area (Å²) in [4.78, 5) is 0. The fraction of sp³-hybridized carbons (Fsp3) is 0.226. The molecule has 4 aromatic rings. The number of nitrogen functional groups attached to an aromatic ring is 2. The van der Waals surface area contributed by atoms with Crippen LogP contribution in [-0.4, -0.2) is 18.5 Å². The molecular weight excluding hydrogens is 660 g/mol. The Kier molecular flexibility index (Phi) is 9.83. The first-order valence-corrected chi connectivity index (χ1v) is 13.2. The molecule has 0 spiro atoms. The van der Waals surface area contributed by atoms with E-state index >= 15 is 0 Å². The molecule has 0 radical (unpaired) electrons. The van der Waals surface area contributed by atoms with E-state index in [0.29, 0.717) is 24.3 Å². The number of hydrogen-bond acceptors (Lipinski definition) is 4. The molecule has 0 aliphatic rings. The van der Waals surface area contributed by atoms with E-state index in [-0.39, 0.29) is 17.1 Å². The lowest BCUT2D eigenvalue weighted by Gasteiger charge is -2.27. The van der Waals surface area contributed by atoms with Gasteiger partial charge in [0.15, 0.2) is 18.5 Å². The number of nitrogens with two attached hydrogens (primary N) is 2. The third kappa shape index (κ3) is 7.97. The Morgan fingerprint density at radius 1 is 0.511 bits per heavy atom. The molecule has 0 saturated carbocycles. The van der Waals surface area contributed by atoms with Crippen molar-refractivity contribution in [2.24, 2.45) is 0 Å². The highest BCUT2D eigenvalue weighted by atomic mass is 19.4. The van der Waals surface area contributed by atoms with Gasteiger partial charge in [0.05, 0.1) is 0 Å². The molecule has 0 aromatic heterocycles. The highest BCUT2D eigenvalue weighted by molar-refractivity contribution is 5.51. The lowest BCUT2D eigenvalue weighted by Crippen LogP contribution is -2.41. The summed E-state index contributed by atoms with van der Waals surface area (Å²) < 4.78 is 179. The second-order valence-corrected chi connectivity index (χ2v) is 10.1. The van der Waals surface area contributed by atoms with Crippen LogP contribution in [0.5, 0.6) is 23.0 Å². The van der Waals surface area contributed by atoms with Crippen molar-refractivity contribution in [3.05, 3.63) is 107 Å². The van der Waals surface area contributed by atoms with Crippen LogP contribution in [0.1, 0.15) is 28.4 Å². The van der Waals surface area contributed by atoms with E-state index in [0.717, 1.165) is 60.7 Å². The molecule has 4 N–H and O–H groups in total. The maximum absolute atomic E-state index is 14.8. The summed E-state index contributed by atoms with van der Waals surface area (Å²) in [6, 6.07) is 11.0. The van der Waals surface area contributed by atoms with E-state index in [9.17, 15) is 52.7 Å². The zero-order chi connectivity index (χ0) is 34.9. The molecule has 0 aliphatic heterocycles. The molecule has 0 aliphatic carbocycles. The van der Waals surface area contributed by atoms with Gasteiger partial charge in [-0.2, -0.15) is 35.1 Å². The molecule has 16 heteroatoms. The van der Waals surface area contributed by atoms with Gasteiger partial charge in [0.2, 0.25) is 6.17 Å². The Morgan fingerprint density at radius 2 is 0.915 bits per heavy atom. The monoisotopic (exact) mass is 682 g/mol. The maximum Gasteiger partial charge on any atom is 0.420 e. The minimum Gasteiger partial charge on any atom is -0.457 e. The number of alkyl halides is 12. The van der Waals surface area contributed by atoms with Gasteiger partial charge in [0.25, 0.3) is 0 Å². The van der Waals surface area contributed by atoms with Gasteiger partial charge in [-0.25, -0.2) is 17.6 Å². The predicted molar refractivity (Wildman–Crippen MR) is 147 cm³/mol. The third-order valence-corrected chi connectivity index (χ3v) is 6.72. The van der Waals surface area contributed by atoms with Crippen molar-refractivity contribution < 1.29 is 62.2 Å². The van der Waals surface area contributed by atoms with Crippen LogP contribution < -0.4 is 20.9 Å². The van der Waals surface area contributed by atoms with Crippen molar-refractivity contribution in [2.75, 3.05) is 11.5 Å². The second kappa shape index (κ2) is 13.2. The topological polar surface area (TPSA) is 70.5 Å². The van der Waals surface area contributed by atoms with Crippen LogP contribution in [0.2, 0.25) is 0 Å². The SMILES string of the molecule is Nc1ccc(Oc2ccc(C(F)C(F)C(F)C(F)C(F)(F)c3ccc(Oc4ccc(N)cc4C(F)(F)F)cc3)cc2)c(C(F)(F)F)c1. The predicted octanol–water partition coefficient (Wildman–Crippen LogP) is 10.3. The lowest BCUT2D eigenvalue weighted by molar-refractivity contribution is -0.139. The molecule has 4 rings (SSSR count). The smallest absolute Gasteiger partial charge is 0.420 e. The Morgan fingerprint density at radius 3 is 1.32 bits per heavy atom. The molecule has 0 heterocycles. The molecule has 4 nitrogen and oxygen atoms in total. The van der Waals surface area contributed by atoms with Crippen LogP contribution in [0.25, 0.3) is 0 Å². The van der Waals surface area contributed by atoms with Crippen LogP contribution in [0, 0.1) is 0 Å². The maximum atomic E-state index is 14.8. The minimum atomic E-state index is -4.89. The molecule has 47 heavy (non-hydrogen) atoms. The van der Waals surface area contributed by atoms with Crippen molar-refractivity contribution >= 4 is 11.4 Å². The highest BCUT2D eigenvalue weighted by Gasteiger charge is 2.51. The summed E-state index contributed by atoms with van der Waals surface area (Å²) in [6.45, 7) is 0. The molecular formula is C31H22F12N2O2. The molecule has 4 aromatic carbocycles. The summed E-state index contributed by atoms with van der Waals surface area (Å²) >= 11 is 0. The van der Waals surface area contributed by atoms with E-state index in [4.69, 9.17) is 20.9 Å². The average molecular weight is 683 g/mol. The Bertz CT molecular complexity index is 1680. The van der Waals surface area contributed by atoms with E-state index in [2.05, 4.69) is 0 Å². The molecule has 0 fully saturated rings. The fourth-order valence-corrected chi connectivity index (χ4v) is 4.30. The first-order valence-electron chi connectivity index (χ1n) is 13.2. The Balaban J connectivity index is 1.44. The van der Waals surface area contributed by atoms with Crippen LogP contribution in [-0.2, 0) is 18.3 Å². The molecule has 0 bridgehead atoms. The molecule has 4 atom stereocenters. The standard InChI is InChI=1S/C31H22F12N2O2/c32-25(15-1-7-19(8-2-15)46-23-11-5-17(44)13-21(23)30(38,39)40)26(33)27(34)28(35)29(36,37)16-3-9-20(10-4-16)47-24-12-6-18(45)14-22(24)31(41,42)43/h1-14,25-28H,44-45H2. The largest absolute Gasteiger partial charge is 0.457 e. The third-order valence-electron chi connectivity index (χ3n) is 6.72. The van der Waals surface area contributed by atoms with Gasteiger partial charge in [-0.15, -0.1) is 0 Å². The number of benzene rings is 4. The van der Waals surface area contributed by atoms with E-state index in [1.165, 1.54) is 0 Å². The zero-order valence-electron chi connectivity index (χ0n) is 23.4. The van der Waals surface area contributed by atoms with Gasteiger partial charge in [-0.3, -0.25) is 0 Å². The van der Waals surface area contributed by atoms with Gasteiger partial charge >= 0.3 is 18.3 Å². The number of halogens is 12. The van der Waals surface area contributed by atoms with Crippen LogP contribution in [0.3, 0.4) is 0 Å². The summed E-state index contributed by atoms with van der Waals surface area (Å²) in [5, 5.41) is 0. The molecule has 252 valence electrons. The van der Waals surface area contributed by atoms with Crippen molar-refractivity contribution in [3.8, 4) is 23.0 Å². The number of anilines is 2. The normalized spacial score (nSPS) is 15.1. The summed E-state index contributed by atoms with van der Waals surface area (Å²) in [6.07, 6.45) is -23.9. The van der Waals surface area contributed by atoms with Gasteiger partial charge in [-0.1, -0.05) is 12.1 Å². The average Bonchev–Trinajstić information content (AvgIpc) is 3.01. The molecule has 0 amide bonds. The quantitative estimate of drug-likeness (QED) is 0.129. The second-order valence-electron chi connectivity index (χ2n) is 10.1. The van der Waals surface area contributed by atoms with E-state index in [1.807, 2.05) is 0 Å². The van der Waals surface area contributed by atoms with Crippen LogP contribution in [0.15, 0.2) is 84.9 Å². The Hall–Kier alpha value is -4.76. The molecule has 4 unspecified atom stereocenters. The van der Waals surface area contributed by atoms with Gasteiger partial charge < -0.3 is 20.9 Å². The summed E-state index contributed by atoms with van der Waals surface area (Å²) in [5.41, 5.74) is 5.90. The molecule has 0 saturated heterocycles. The first-order chi connectivity index (χ1) is 21.8. The van der Waals surface area contributed by atoms with E-state index in [1.54, 1.807) is 0 Å². The van der Waals surface area contributed by atoms with Crippen molar-refractivity contribution in [3.63, 3.8) is 0 Å². The van der Waals surface area contributed by atoms with Gasteiger partial charge in [0, 0.05) is 16.9 Å². The van der Waals surface area contributed by atoms with Crippen molar-refractivity contribution in [1.82, 2.24) is 0 Å². The Labute approximate surface area is 258 Å². The zero-order valence-corrected chi connectivity index (χ0v) is 23.4. The number of rotatable bonds is 10. The summed E-state index contributed by atoms with van der Waals surface area (Å²) in [5.74, 6) is -6.85. The summed E-state index contributed by atoms with van der Waals surface area (Å²) in [7, 11) is 0. The number of hydrogen-bond donors (Lipinski definition) is 2. The fourth-order valence-electron chi connectivity index (χ4n) is 4.30. The van der Waals surface area contributed by atoms with Crippen LogP contribution >= 0.6 is 0 Å².